The number of imidazole rings is 1. The Morgan fingerprint density at radius 2 is 1.84 bits per heavy atom. The molecule has 3 fully saturated rings. The smallest absolute Gasteiger partial charge is 0.325 e. The summed E-state index contributed by atoms with van der Waals surface area (Å²) in [5, 5.41) is 53.7. The van der Waals surface area contributed by atoms with Crippen LogP contribution in [0.25, 0.3) is 11.2 Å². The lowest BCUT2D eigenvalue weighted by Gasteiger charge is -2.24. The van der Waals surface area contributed by atoms with Crippen LogP contribution < -0.4 is 26.2 Å². The number of urea groups is 2. The van der Waals surface area contributed by atoms with Gasteiger partial charge in [-0.05, 0) is 37.0 Å². The molecule has 1 saturated carbocycles. The number of anilines is 3. The monoisotopic (exact) mass is 701 g/mol. The van der Waals surface area contributed by atoms with Crippen LogP contribution in [0.1, 0.15) is 24.4 Å². The van der Waals surface area contributed by atoms with E-state index in [0.717, 1.165) is 10.5 Å². The fraction of sp³-hybridized carbons (Fsp3) is 0.424. The molecule has 0 bridgehead atoms. The molecule has 18 nitrogen and oxygen atoms in total. The van der Waals surface area contributed by atoms with Crippen LogP contribution in [0.5, 0.6) is 0 Å². The van der Waals surface area contributed by atoms with Crippen LogP contribution in [0.2, 0.25) is 0 Å². The molecule has 268 valence electrons. The molecule has 8 N–H and O–H groups in total. The number of fused-ring (bicyclic) bond motifs is 1. The first kappa shape index (κ1) is 34.0. The van der Waals surface area contributed by atoms with Gasteiger partial charge in [-0.15, -0.1) is 0 Å². The van der Waals surface area contributed by atoms with E-state index < -0.39 is 54.9 Å². The first-order valence-corrected chi connectivity index (χ1v) is 16.7. The van der Waals surface area contributed by atoms with E-state index in [2.05, 4.69) is 31.2 Å². The van der Waals surface area contributed by atoms with Gasteiger partial charge < -0.3 is 51.2 Å². The number of imide groups is 1. The number of benzene rings is 1. The van der Waals surface area contributed by atoms with E-state index in [9.17, 15) is 34.8 Å². The van der Waals surface area contributed by atoms with Crippen molar-refractivity contribution in [2.45, 2.75) is 61.7 Å². The van der Waals surface area contributed by atoms with E-state index in [4.69, 9.17) is 9.97 Å². The van der Waals surface area contributed by atoms with Gasteiger partial charge in [0.05, 0.1) is 49.6 Å². The number of rotatable bonds is 11. The normalized spacial score (nSPS) is 25.3. The number of aromatic nitrogens is 5. The zero-order valence-corrected chi connectivity index (χ0v) is 27.4. The molecule has 2 aliphatic heterocycles. The van der Waals surface area contributed by atoms with E-state index >= 15 is 0 Å². The molecule has 51 heavy (non-hydrogen) atoms. The lowest BCUT2D eigenvalue weighted by atomic mass is 10.1. The standard InChI is InChI=1S/C33H39N11O7/c45-15-21(11-18-5-2-1-3-6-18)36-28-25-29(41-31(40-28)42-10-8-20(14-42)38-32(50)37-19-7-4-9-34-13-19)43(17-35-25)23-12-24(27(48)26(23)47)44-30(49)22(16-46)39-33(44)51/h1-7,9,13,17,20-24,26-27,45-48H,8,10-12,14-16H2,(H,39,51)(H,36,40,41)(H2,37,38,50)/t20?,21-,22+,23+,24-,26-,27+/m0/s1. The second-order valence-corrected chi connectivity index (χ2v) is 12.9. The van der Waals surface area contributed by atoms with Crippen molar-refractivity contribution in [2.75, 3.05) is 41.8 Å². The highest BCUT2D eigenvalue weighted by Gasteiger charge is 2.52. The summed E-state index contributed by atoms with van der Waals surface area (Å²) >= 11 is 0. The molecule has 1 aliphatic carbocycles. The lowest BCUT2D eigenvalue weighted by Crippen LogP contribution is -2.47. The summed E-state index contributed by atoms with van der Waals surface area (Å²) in [6, 6.07) is 8.25. The van der Waals surface area contributed by atoms with Gasteiger partial charge in [-0.2, -0.15) is 9.97 Å². The second kappa shape index (κ2) is 14.4. The van der Waals surface area contributed by atoms with Crippen LogP contribution in [0, 0.1) is 0 Å². The number of hydrogen-bond acceptors (Lipinski definition) is 13. The molecule has 1 aromatic carbocycles. The van der Waals surface area contributed by atoms with Crippen molar-refractivity contribution in [1.82, 2.24) is 40.0 Å². The maximum Gasteiger partial charge on any atom is 0.325 e. The molecule has 0 radical (unpaired) electrons. The Bertz CT molecular complexity index is 1880. The summed E-state index contributed by atoms with van der Waals surface area (Å²) in [7, 11) is 0. The topological polar surface area (TPSA) is 243 Å². The number of hydrogen-bond donors (Lipinski definition) is 8. The number of nitrogens with zero attached hydrogens (tertiary/aromatic N) is 7. The van der Waals surface area contributed by atoms with Gasteiger partial charge in [-0.25, -0.2) is 14.6 Å². The molecule has 5 amide bonds. The maximum atomic E-state index is 12.9. The van der Waals surface area contributed by atoms with Gasteiger partial charge in [-0.3, -0.25) is 14.7 Å². The molecule has 0 spiro atoms. The van der Waals surface area contributed by atoms with E-state index in [1.807, 2.05) is 35.2 Å². The quantitative estimate of drug-likeness (QED) is 0.0929. The molecule has 5 heterocycles. The third-order valence-corrected chi connectivity index (χ3v) is 9.57. The number of aliphatic hydroxyl groups is 4. The minimum absolute atomic E-state index is 0.0117. The Morgan fingerprint density at radius 3 is 2.57 bits per heavy atom. The van der Waals surface area contributed by atoms with Crippen LogP contribution in [-0.4, -0.2) is 130 Å². The van der Waals surface area contributed by atoms with E-state index in [1.54, 1.807) is 29.1 Å². The first-order valence-electron chi connectivity index (χ1n) is 16.7. The molecule has 2 saturated heterocycles. The van der Waals surface area contributed by atoms with Crippen LogP contribution in [0.3, 0.4) is 0 Å². The Labute approximate surface area is 291 Å². The van der Waals surface area contributed by atoms with Crippen molar-refractivity contribution in [3.8, 4) is 0 Å². The van der Waals surface area contributed by atoms with Gasteiger partial charge in [0.2, 0.25) is 5.95 Å². The Hall–Kier alpha value is -5.43. The molecule has 18 heteroatoms. The third kappa shape index (κ3) is 6.85. The average Bonchev–Trinajstić information content (AvgIpc) is 3.91. The number of nitrogens with one attached hydrogen (secondary N) is 4. The predicted octanol–water partition coefficient (Wildman–Crippen LogP) is -0.415. The van der Waals surface area contributed by atoms with Gasteiger partial charge >= 0.3 is 12.1 Å². The van der Waals surface area contributed by atoms with E-state index in [1.165, 1.54) is 6.33 Å². The van der Waals surface area contributed by atoms with Crippen molar-refractivity contribution < 1.29 is 34.8 Å². The third-order valence-electron chi connectivity index (χ3n) is 9.57. The maximum absolute atomic E-state index is 12.9. The fourth-order valence-electron chi connectivity index (χ4n) is 7.00. The number of carbonyl (C=O) groups is 3. The summed E-state index contributed by atoms with van der Waals surface area (Å²) in [4.78, 5) is 59.3. The summed E-state index contributed by atoms with van der Waals surface area (Å²) < 4.78 is 1.60. The van der Waals surface area contributed by atoms with Crippen molar-refractivity contribution in [3.05, 3.63) is 66.7 Å². The van der Waals surface area contributed by atoms with Crippen LogP contribution in [-0.2, 0) is 11.2 Å². The second-order valence-electron chi connectivity index (χ2n) is 12.9. The lowest BCUT2D eigenvalue weighted by molar-refractivity contribution is -0.131. The number of amides is 5. The van der Waals surface area contributed by atoms with E-state index in [0.29, 0.717) is 54.5 Å². The Morgan fingerprint density at radius 1 is 1.04 bits per heavy atom. The summed E-state index contributed by atoms with van der Waals surface area (Å²) in [6.45, 7) is 0.0836. The van der Waals surface area contributed by atoms with Crippen LogP contribution >= 0.6 is 0 Å². The summed E-state index contributed by atoms with van der Waals surface area (Å²) in [5.41, 5.74) is 2.21. The van der Waals surface area contributed by atoms with Crippen molar-refractivity contribution in [1.29, 1.82) is 0 Å². The highest BCUT2D eigenvalue weighted by molar-refractivity contribution is 6.04. The first-order chi connectivity index (χ1) is 24.7. The van der Waals surface area contributed by atoms with Gasteiger partial charge in [0.15, 0.2) is 17.0 Å². The SMILES string of the molecule is O=C(Nc1cccnc1)NC1CCN(c2nc(N[C@H](CO)Cc3ccccc3)c3ncn([C@@H]4C[C@H](N5C(=O)N[C@H](CO)C5=O)[C@@H](O)[C@H]4O)c3n2)C1. The number of carbonyl (C=O) groups excluding carboxylic acids is 3. The highest BCUT2D eigenvalue weighted by atomic mass is 16.3. The predicted molar refractivity (Wildman–Crippen MR) is 183 cm³/mol. The van der Waals surface area contributed by atoms with Crippen molar-refractivity contribution in [2.24, 2.45) is 0 Å². The highest BCUT2D eigenvalue weighted by Crippen LogP contribution is 2.38. The molecule has 7 atom stereocenters. The molecular formula is C33H39N11O7. The minimum Gasteiger partial charge on any atom is -0.394 e. The molecule has 7 rings (SSSR count). The zero-order valence-electron chi connectivity index (χ0n) is 27.4. The molecular weight excluding hydrogens is 662 g/mol. The number of pyridine rings is 1. The summed E-state index contributed by atoms with van der Waals surface area (Å²) in [6.07, 6.45) is 2.81. The molecule has 4 aromatic rings. The van der Waals surface area contributed by atoms with Crippen LogP contribution in [0.4, 0.5) is 27.0 Å². The zero-order chi connectivity index (χ0) is 35.6. The van der Waals surface area contributed by atoms with Gasteiger partial charge in [0.1, 0.15) is 18.2 Å². The molecule has 1 unspecified atom stereocenters. The Kier molecular flexibility index (Phi) is 9.63. The van der Waals surface area contributed by atoms with Crippen LogP contribution in [0.15, 0.2) is 61.2 Å². The van der Waals surface area contributed by atoms with Gasteiger partial charge in [0.25, 0.3) is 5.91 Å². The van der Waals surface area contributed by atoms with Gasteiger partial charge in [0, 0.05) is 25.3 Å². The van der Waals surface area contributed by atoms with Gasteiger partial charge in [-0.1, -0.05) is 30.3 Å². The number of aliphatic hydroxyl groups excluding tert-OH is 4. The average molecular weight is 702 g/mol. The largest absolute Gasteiger partial charge is 0.394 e. The van der Waals surface area contributed by atoms with E-state index in [-0.39, 0.29) is 25.1 Å². The molecule has 3 aromatic heterocycles. The molecule has 3 aliphatic rings. The summed E-state index contributed by atoms with van der Waals surface area (Å²) in [5.74, 6) is -0.0470. The van der Waals surface area contributed by atoms with Crippen molar-refractivity contribution in [3.63, 3.8) is 0 Å². The fourth-order valence-corrected chi connectivity index (χ4v) is 7.00. The minimum atomic E-state index is -1.48. The Balaban J connectivity index is 1.18. The van der Waals surface area contributed by atoms with Crippen molar-refractivity contribution >= 4 is 46.6 Å².